The maximum absolute atomic E-state index is 11.0. The molecule has 0 saturated carbocycles. The lowest BCUT2D eigenvalue weighted by Gasteiger charge is -2.24. The Balaban J connectivity index is 2.12. The largest absolute Gasteiger partial charge is 0.481 e. The number of primary sulfonamides is 1. The van der Waals surface area contributed by atoms with Gasteiger partial charge in [0.1, 0.15) is 0 Å². The molecule has 0 bridgehead atoms. The van der Waals surface area contributed by atoms with E-state index in [-0.39, 0.29) is 11.8 Å². The van der Waals surface area contributed by atoms with Crippen LogP contribution in [0.2, 0.25) is 0 Å². The predicted octanol–water partition coefficient (Wildman–Crippen LogP) is 0.553. The molecule has 2 heterocycles. The summed E-state index contributed by atoms with van der Waals surface area (Å²) in [4.78, 5) is 2.30. The van der Waals surface area contributed by atoms with Crippen molar-refractivity contribution >= 4 is 10.0 Å². The zero-order valence-corrected chi connectivity index (χ0v) is 13.7. The molecule has 0 amide bonds. The summed E-state index contributed by atoms with van der Waals surface area (Å²) in [5.41, 5.74) is 2.09. The van der Waals surface area contributed by atoms with Crippen molar-refractivity contribution in [3.05, 3.63) is 11.3 Å². The van der Waals surface area contributed by atoms with Gasteiger partial charge in [-0.25, -0.2) is 18.2 Å². The topological polar surface area (TPSA) is 90.4 Å². The summed E-state index contributed by atoms with van der Waals surface area (Å²) < 4.78 is 29.3. The molecule has 0 radical (unpaired) electrons. The average molecular weight is 316 g/mol. The van der Waals surface area contributed by atoms with Gasteiger partial charge in [-0.2, -0.15) is 5.10 Å². The third-order valence-corrected chi connectivity index (χ3v) is 4.84. The second kappa shape index (κ2) is 6.33. The first kappa shape index (κ1) is 16.3. The third-order valence-electron chi connectivity index (χ3n) is 3.98. The molecular formula is C13H24N4O3S. The summed E-state index contributed by atoms with van der Waals surface area (Å²) >= 11 is 0. The maximum atomic E-state index is 11.0. The van der Waals surface area contributed by atoms with E-state index in [1.54, 1.807) is 11.8 Å². The molecule has 1 aliphatic heterocycles. The van der Waals surface area contributed by atoms with Gasteiger partial charge in [-0.15, -0.1) is 0 Å². The van der Waals surface area contributed by atoms with Crippen molar-refractivity contribution in [3.63, 3.8) is 0 Å². The molecule has 1 atom stereocenters. The highest BCUT2D eigenvalue weighted by Gasteiger charge is 2.31. The van der Waals surface area contributed by atoms with E-state index in [0.29, 0.717) is 6.42 Å². The summed E-state index contributed by atoms with van der Waals surface area (Å²) in [7, 11) is 0.141. The number of hydrogen-bond donors (Lipinski definition) is 1. The van der Waals surface area contributed by atoms with Crippen LogP contribution in [0.3, 0.4) is 0 Å². The lowest BCUT2D eigenvalue weighted by molar-refractivity contribution is 0.250. The Morgan fingerprint density at radius 2 is 2.19 bits per heavy atom. The van der Waals surface area contributed by atoms with Gasteiger partial charge in [-0.3, -0.25) is 4.90 Å². The molecule has 7 nitrogen and oxygen atoms in total. The highest BCUT2D eigenvalue weighted by atomic mass is 32.2. The second-order valence-corrected chi connectivity index (χ2v) is 7.28. The SMILES string of the molecule is COc1c([C@H]2CCCN2CCCS(N)(=O)=O)c(C)nn1C. The van der Waals surface area contributed by atoms with Crippen molar-refractivity contribution in [2.45, 2.75) is 32.2 Å². The number of aryl methyl sites for hydroxylation is 2. The van der Waals surface area contributed by atoms with Crippen LogP contribution in [-0.2, 0) is 17.1 Å². The zero-order chi connectivity index (χ0) is 15.6. The number of nitrogens with two attached hydrogens (primary N) is 1. The maximum Gasteiger partial charge on any atom is 0.216 e. The van der Waals surface area contributed by atoms with Crippen molar-refractivity contribution in [2.24, 2.45) is 12.2 Å². The third kappa shape index (κ3) is 3.75. The summed E-state index contributed by atoms with van der Waals surface area (Å²) in [5, 5.41) is 9.49. The summed E-state index contributed by atoms with van der Waals surface area (Å²) in [6, 6.07) is 0.245. The number of ether oxygens (including phenoxy) is 1. The first-order valence-electron chi connectivity index (χ1n) is 7.15. The van der Waals surface area contributed by atoms with Gasteiger partial charge >= 0.3 is 0 Å². The minimum atomic E-state index is -3.38. The van der Waals surface area contributed by atoms with Gasteiger partial charge in [0.15, 0.2) is 0 Å². The minimum Gasteiger partial charge on any atom is -0.481 e. The fraction of sp³-hybridized carbons (Fsp3) is 0.769. The van der Waals surface area contributed by atoms with Gasteiger partial charge in [0.2, 0.25) is 15.9 Å². The number of methoxy groups -OCH3 is 1. The van der Waals surface area contributed by atoms with Crippen molar-refractivity contribution in [1.29, 1.82) is 0 Å². The van der Waals surface area contributed by atoms with E-state index in [4.69, 9.17) is 9.88 Å². The molecule has 1 aromatic heterocycles. The monoisotopic (exact) mass is 316 g/mol. The summed E-state index contributed by atoms with van der Waals surface area (Å²) in [6.07, 6.45) is 2.69. The zero-order valence-electron chi connectivity index (χ0n) is 12.9. The molecular weight excluding hydrogens is 292 g/mol. The van der Waals surface area contributed by atoms with Crippen LogP contribution in [0.1, 0.15) is 36.6 Å². The van der Waals surface area contributed by atoms with Gasteiger partial charge in [-0.1, -0.05) is 0 Å². The first-order chi connectivity index (χ1) is 9.83. The van der Waals surface area contributed by atoms with Gasteiger partial charge in [0.05, 0.1) is 24.1 Å². The minimum absolute atomic E-state index is 0.0272. The van der Waals surface area contributed by atoms with Crippen molar-refractivity contribution < 1.29 is 13.2 Å². The Bertz CT molecular complexity index is 597. The fourth-order valence-electron chi connectivity index (χ4n) is 3.17. The van der Waals surface area contributed by atoms with Crippen molar-refractivity contribution in [3.8, 4) is 5.88 Å². The van der Waals surface area contributed by atoms with Gasteiger partial charge < -0.3 is 4.74 Å². The molecule has 1 saturated heterocycles. The van der Waals surface area contributed by atoms with E-state index in [0.717, 1.165) is 43.1 Å². The molecule has 0 aromatic carbocycles. The van der Waals surface area contributed by atoms with Crippen LogP contribution in [0.15, 0.2) is 0 Å². The normalized spacial score (nSPS) is 20.1. The fourth-order valence-corrected chi connectivity index (χ4v) is 3.70. The van der Waals surface area contributed by atoms with Crippen LogP contribution >= 0.6 is 0 Å². The highest BCUT2D eigenvalue weighted by molar-refractivity contribution is 7.89. The van der Waals surface area contributed by atoms with Crippen LogP contribution in [0.5, 0.6) is 5.88 Å². The molecule has 0 spiro atoms. The van der Waals surface area contributed by atoms with E-state index in [1.807, 2.05) is 14.0 Å². The van der Waals surface area contributed by atoms with Crippen LogP contribution in [-0.4, -0.2) is 49.1 Å². The Labute approximate surface area is 126 Å². The Kier molecular flexibility index (Phi) is 4.90. The molecule has 8 heteroatoms. The number of rotatable bonds is 6. The van der Waals surface area contributed by atoms with Crippen LogP contribution < -0.4 is 9.88 Å². The lowest BCUT2D eigenvalue weighted by Crippen LogP contribution is -2.27. The van der Waals surface area contributed by atoms with Crippen LogP contribution in [0.25, 0.3) is 0 Å². The Morgan fingerprint density at radius 1 is 1.48 bits per heavy atom. The number of sulfonamides is 1. The van der Waals surface area contributed by atoms with Crippen LogP contribution in [0, 0.1) is 6.92 Å². The number of nitrogens with zero attached hydrogens (tertiary/aromatic N) is 3. The van der Waals surface area contributed by atoms with E-state index in [1.165, 1.54) is 0 Å². The van der Waals surface area contributed by atoms with Gasteiger partial charge in [0, 0.05) is 13.1 Å². The molecule has 1 aliphatic rings. The first-order valence-corrected chi connectivity index (χ1v) is 8.87. The smallest absolute Gasteiger partial charge is 0.216 e. The van der Waals surface area contributed by atoms with E-state index >= 15 is 0 Å². The number of hydrogen-bond acceptors (Lipinski definition) is 5. The molecule has 0 unspecified atom stereocenters. The van der Waals surface area contributed by atoms with Crippen molar-refractivity contribution in [2.75, 3.05) is 26.0 Å². The van der Waals surface area contributed by atoms with Crippen molar-refractivity contribution in [1.82, 2.24) is 14.7 Å². The standard InChI is InChI=1S/C13H24N4O3S/c1-10-12(13(20-3)16(2)15-10)11-6-4-7-17(11)8-5-9-21(14,18)19/h11H,4-9H2,1-3H3,(H2,14,18,19)/t11-/m1/s1. The summed E-state index contributed by atoms with van der Waals surface area (Å²) in [6.45, 7) is 3.67. The van der Waals surface area contributed by atoms with Crippen LogP contribution in [0.4, 0.5) is 0 Å². The molecule has 21 heavy (non-hydrogen) atoms. The Morgan fingerprint density at radius 3 is 2.81 bits per heavy atom. The van der Waals surface area contributed by atoms with Gasteiger partial charge in [-0.05, 0) is 39.3 Å². The second-order valence-electron chi connectivity index (χ2n) is 5.55. The molecule has 0 aliphatic carbocycles. The molecule has 1 fully saturated rings. The Hall–Kier alpha value is -1.12. The van der Waals surface area contributed by atoms with E-state index in [9.17, 15) is 8.42 Å². The number of aromatic nitrogens is 2. The average Bonchev–Trinajstić information content (AvgIpc) is 2.91. The van der Waals surface area contributed by atoms with E-state index < -0.39 is 10.0 Å². The molecule has 120 valence electrons. The summed E-state index contributed by atoms with van der Waals surface area (Å²) in [5.74, 6) is 0.815. The predicted molar refractivity (Wildman–Crippen MR) is 80.6 cm³/mol. The molecule has 2 N–H and O–H groups in total. The molecule has 2 rings (SSSR count). The quantitative estimate of drug-likeness (QED) is 0.828. The number of likely N-dealkylation sites (tertiary alicyclic amines) is 1. The molecule has 1 aromatic rings. The lowest BCUT2D eigenvalue weighted by atomic mass is 10.0. The van der Waals surface area contributed by atoms with Gasteiger partial charge in [0.25, 0.3) is 0 Å². The highest BCUT2D eigenvalue weighted by Crippen LogP contribution is 2.38. The van der Waals surface area contributed by atoms with E-state index in [2.05, 4.69) is 10.00 Å².